The summed E-state index contributed by atoms with van der Waals surface area (Å²) in [6.45, 7) is 0. The molecule has 0 saturated carbocycles. The minimum Gasteiger partial charge on any atom is -0.481 e. The number of carboxylic acids is 1. The van der Waals surface area contributed by atoms with Gasteiger partial charge in [-0.3, -0.25) is 4.79 Å². The third-order valence-electron chi connectivity index (χ3n) is 4.65. The molecule has 0 bridgehead atoms. The van der Waals surface area contributed by atoms with E-state index < -0.39 is 5.97 Å². The maximum atomic E-state index is 10.7. The molecule has 28 heavy (non-hydrogen) atoms. The predicted octanol–water partition coefficient (Wildman–Crippen LogP) is 5.66. The number of nitrogens with one attached hydrogen (secondary N) is 1. The van der Waals surface area contributed by atoms with Crippen molar-refractivity contribution in [2.24, 2.45) is 0 Å². The summed E-state index contributed by atoms with van der Waals surface area (Å²) in [6, 6.07) is 28.2. The second-order valence-corrected chi connectivity index (χ2v) is 6.66. The van der Waals surface area contributed by atoms with Crippen LogP contribution < -0.4 is 5.32 Å². The molecule has 0 aliphatic carbocycles. The van der Waals surface area contributed by atoms with E-state index in [1.54, 1.807) is 0 Å². The van der Waals surface area contributed by atoms with Crippen molar-refractivity contribution in [3.05, 3.63) is 90.5 Å². The number of benzene rings is 3. The minimum atomic E-state index is -0.782. The quantitative estimate of drug-likeness (QED) is 0.461. The normalized spacial score (nSPS) is 10.7. The third kappa shape index (κ3) is 4.01. The van der Waals surface area contributed by atoms with Crippen molar-refractivity contribution in [3.63, 3.8) is 0 Å². The molecule has 0 unspecified atom stereocenters. The van der Waals surface area contributed by atoms with Gasteiger partial charge >= 0.3 is 5.97 Å². The zero-order valence-corrected chi connectivity index (χ0v) is 15.3. The standard InChI is InChI=1S/C24H20N2O2/c27-23(28)15-12-17-10-13-20(14-11-17)25-24-21-9-5-4-8-19(21)16-22(26-24)18-6-2-1-3-7-18/h1-11,13-14,16H,12,15H2,(H,25,26)(H,27,28). The van der Waals surface area contributed by atoms with Crippen molar-refractivity contribution in [3.8, 4) is 11.3 Å². The molecule has 1 heterocycles. The maximum absolute atomic E-state index is 10.7. The molecule has 3 aromatic carbocycles. The van der Waals surface area contributed by atoms with Crippen LogP contribution in [0.25, 0.3) is 22.0 Å². The van der Waals surface area contributed by atoms with Crippen LogP contribution in [-0.4, -0.2) is 16.1 Å². The van der Waals surface area contributed by atoms with E-state index in [0.717, 1.165) is 39.1 Å². The number of carbonyl (C=O) groups is 1. The fourth-order valence-electron chi connectivity index (χ4n) is 3.19. The Balaban J connectivity index is 1.67. The number of pyridine rings is 1. The lowest BCUT2D eigenvalue weighted by Crippen LogP contribution is -1.99. The van der Waals surface area contributed by atoms with Crippen molar-refractivity contribution in [1.29, 1.82) is 0 Å². The molecule has 0 amide bonds. The van der Waals surface area contributed by atoms with Crippen LogP contribution in [0.5, 0.6) is 0 Å². The zero-order valence-electron chi connectivity index (χ0n) is 15.3. The molecule has 0 radical (unpaired) electrons. The van der Waals surface area contributed by atoms with Gasteiger partial charge < -0.3 is 10.4 Å². The lowest BCUT2D eigenvalue weighted by atomic mass is 10.1. The molecule has 0 fully saturated rings. The molecule has 4 aromatic rings. The summed E-state index contributed by atoms with van der Waals surface area (Å²) in [7, 11) is 0. The Hall–Kier alpha value is -3.66. The summed E-state index contributed by atoms with van der Waals surface area (Å²) >= 11 is 0. The van der Waals surface area contributed by atoms with Crippen LogP contribution in [0.15, 0.2) is 84.9 Å². The van der Waals surface area contributed by atoms with Crippen LogP contribution in [0.2, 0.25) is 0 Å². The van der Waals surface area contributed by atoms with E-state index in [1.165, 1.54) is 0 Å². The van der Waals surface area contributed by atoms with E-state index in [-0.39, 0.29) is 6.42 Å². The number of hydrogen-bond acceptors (Lipinski definition) is 3. The second-order valence-electron chi connectivity index (χ2n) is 6.66. The minimum absolute atomic E-state index is 0.137. The Morgan fingerprint density at radius 1 is 0.893 bits per heavy atom. The highest BCUT2D eigenvalue weighted by atomic mass is 16.4. The summed E-state index contributed by atoms with van der Waals surface area (Å²) in [6.07, 6.45) is 0.665. The van der Waals surface area contributed by atoms with Crippen LogP contribution in [0.4, 0.5) is 11.5 Å². The van der Waals surface area contributed by atoms with Crippen LogP contribution in [0, 0.1) is 0 Å². The maximum Gasteiger partial charge on any atom is 0.303 e. The first-order valence-electron chi connectivity index (χ1n) is 9.22. The first kappa shape index (κ1) is 17.7. The number of nitrogens with zero attached hydrogens (tertiary/aromatic N) is 1. The van der Waals surface area contributed by atoms with E-state index in [4.69, 9.17) is 10.1 Å². The van der Waals surface area contributed by atoms with Gasteiger partial charge in [0.1, 0.15) is 5.82 Å². The van der Waals surface area contributed by atoms with Crippen LogP contribution in [-0.2, 0) is 11.2 Å². The number of anilines is 2. The van der Waals surface area contributed by atoms with Crippen LogP contribution >= 0.6 is 0 Å². The van der Waals surface area contributed by atoms with Gasteiger partial charge in [-0.2, -0.15) is 0 Å². The van der Waals surface area contributed by atoms with Gasteiger partial charge in [-0.15, -0.1) is 0 Å². The summed E-state index contributed by atoms with van der Waals surface area (Å²) < 4.78 is 0. The molecule has 0 spiro atoms. The monoisotopic (exact) mass is 368 g/mol. The average molecular weight is 368 g/mol. The van der Waals surface area contributed by atoms with Crippen molar-refractivity contribution in [1.82, 2.24) is 4.98 Å². The highest BCUT2D eigenvalue weighted by Crippen LogP contribution is 2.29. The van der Waals surface area contributed by atoms with E-state index in [9.17, 15) is 4.79 Å². The molecule has 1 aromatic heterocycles. The topological polar surface area (TPSA) is 62.2 Å². The van der Waals surface area contributed by atoms with Crippen LogP contribution in [0.1, 0.15) is 12.0 Å². The fourth-order valence-corrected chi connectivity index (χ4v) is 3.19. The van der Waals surface area contributed by atoms with Crippen molar-refractivity contribution >= 4 is 28.2 Å². The van der Waals surface area contributed by atoms with Gasteiger partial charge in [0.25, 0.3) is 0 Å². The number of carboxylic acid groups (broad SMARTS) is 1. The van der Waals surface area contributed by atoms with Gasteiger partial charge in [-0.25, -0.2) is 4.98 Å². The molecular formula is C24H20N2O2. The molecular weight excluding hydrogens is 348 g/mol. The second kappa shape index (κ2) is 7.92. The average Bonchev–Trinajstić information content (AvgIpc) is 2.74. The lowest BCUT2D eigenvalue weighted by molar-refractivity contribution is -0.136. The van der Waals surface area contributed by atoms with Gasteiger partial charge in [-0.05, 0) is 35.6 Å². The predicted molar refractivity (Wildman–Crippen MR) is 113 cm³/mol. The van der Waals surface area contributed by atoms with Gasteiger partial charge in [0, 0.05) is 23.1 Å². The van der Waals surface area contributed by atoms with Crippen molar-refractivity contribution in [2.75, 3.05) is 5.32 Å². The molecule has 4 nitrogen and oxygen atoms in total. The van der Waals surface area contributed by atoms with Gasteiger partial charge in [-0.1, -0.05) is 66.7 Å². The van der Waals surface area contributed by atoms with Crippen molar-refractivity contribution < 1.29 is 9.90 Å². The van der Waals surface area contributed by atoms with E-state index in [0.29, 0.717) is 6.42 Å². The highest BCUT2D eigenvalue weighted by molar-refractivity contribution is 5.95. The van der Waals surface area contributed by atoms with E-state index in [2.05, 4.69) is 35.6 Å². The molecule has 4 heteroatoms. The lowest BCUT2D eigenvalue weighted by Gasteiger charge is -2.12. The molecule has 0 aliphatic heterocycles. The molecule has 138 valence electrons. The Kier molecular flexibility index (Phi) is 5.02. The smallest absolute Gasteiger partial charge is 0.303 e. The fraction of sp³-hybridized carbons (Fsp3) is 0.0833. The largest absolute Gasteiger partial charge is 0.481 e. The molecule has 4 rings (SSSR count). The van der Waals surface area contributed by atoms with E-state index >= 15 is 0 Å². The third-order valence-corrected chi connectivity index (χ3v) is 4.65. The summed E-state index contributed by atoms with van der Waals surface area (Å²) in [5, 5.41) is 14.4. The van der Waals surface area contributed by atoms with Gasteiger partial charge in [0.05, 0.1) is 5.69 Å². The molecule has 2 N–H and O–H groups in total. The first-order valence-corrected chi connectivity index (χ1v) is 9.22. The molecule has 0 aliphatic rings. The molecule has 0 saturated heterocycles. The first-order chi connectivity index (χ1) is 13.7. The Morgan fingerprint density at radius 2 is 1.61 bits per heavy atom. The van der Waals surface area contributed by atoms with E-state index in [1.807, 2.05) is 54.6 Å². The van der Waals surface area contributed by atoms with Gasteiger partial charge in [0.2, 0.25) is 0 Å². The number of aliphatic carboxylic acids is 1. The number of rotatable bonds is 6. The molecule has 0 atom stereocenters. The van der Waals surface area contributed by atoms with Crippen LogP contribution in [0.3, 0.4) is 0 Å². The zero-order chi connectivity index (χ0) is 19.3. The number of aryl methyl sites for hydroxylation is 1. The number of hydrogen-bond donors (Lipinski definition) is 2. The summed E-state index contributed by atoms with van der Waals surface area (Å²) in [5.41, 5.74) is 3.91. The highest BCUT2D eigenvalue weighted by Gasteiger charge is 2.08. The summed E-state index contributed by atoms with van der Waals surface area (Å²) in [4.78, 5) is 15.6. The SMILES string of the molecule is O=C(O)CCc1ccc(Nc2nc(-c3ccccc3)cc3ccccc23)cc1. The number of fused-ring (bicyclic) bond motifs is 1. The Labute approximate surface area is 163 Å². The van der Waals surface area contributed by atoms with Crippen molar-refractivity contribution in [2.45, 2.75) is 12.8 Å². The number of aromatic nitrogens is 1. The Bertz CT molecular complexity index is 1110. The van der Waals surface area contributed by atoms with Gasteiger partial charge in [0.15, 0.2) is 0 Å². The Morgan fingerprint density at radius 3 is 2.36 bits per heavy atom. The summed E-state index contributed by atoms with van der Waals surface area (Å²) in [5.74, 6) is 0.0193.